The van der Waals surface area contributed by atoms with Gasteiger partial charge in [0.1, 0.15) is 5.75 Å². The van der Waals surface area contributed by atoms with E-state index in [1.54, 1.807) is 14.0 Å². The Hall–Kier alpha value is -2.54. The van der Waals surface area contributed by atoms with Crippen LogP contribution in [0.1, 0.15) is 42.7 Å². The molecule has 7 heteroatoms. The molecular formula is C22H32N3O4+. The second-order valence-electron chi connectivity index (χ2n) is 7.93. The van der Waals surface area contributed by atoms with E-state index in [0.29, 0.717) is 28.9 Å². The van der Waals surface area contributed by atoms with Crippen LogP contribution in [-0.4, -0.2) is 49.8 Å². The fraction of sp³-hybridized carbons (Fsp3) is 0.545. The molecule has 2 N–H and O–H groups in total. The molecule has 1 aromatic heterocycles. The number of rotatable bonds is 6. The topological polar surface area (TPSA) is 74.0 Å². The van der Waals surface area contributed by atoms with Gasteiger partial charge in [-0.1, -0.05) is 6.92 Å². The van der Waals surface area contributed by atoms with Gasteiger partial charge in [0.15, 0.2) is 6.54 Å². The molecule has 2 aromatic rings. The number of fused-ring (bicyclic) bond motifs is 1. The summed E-state index contributed by atoms with van der Waals surface area (Å²) in [7, 11) is 3.46. The lowest BCUT2D eigenvalue weighted by atomic mass is 9.99. The lowest BCUT2D eigenvalue weighted by molar-refractivity contribution is -0.897. The van der Waals surface area contributed by atoms with E-state index in [2.05, 4.69) is 12.2 Å². The number of aromatic nitrogens is 1. The van der Waals surface area contributed by atoms with Crippen molar-refractivity contribution in [3.63, 3.8) is 0 Å². The summed E-state index contributed by atoms with van der Waals surface area (Å²) in [5.74, 6) is 0.797. The number of hydrogen-bond acceptors (Lipinski definition) is 4. The number of quaternary nitrogens is 1. The van der Waals surface area contributed by atoms with Crippen LogP contribution in [-0.2, 0) is 16.6 Å². The fourth-order valence-corrected chi connectivity index (χ4v) is 4.14. The van der Waals surface area contributed by atoms with Gasteiger partial charge in [-0.05, 0) is 44.7 Å². The third-order valence-electron chi connectivity index (χ3n) is 5.98. The van der Waals surface area contributed by atoms with Crippen molar-refractivity contribution in [3.05, 3.63) is 23.4 Å². The van der Waals surface area contributed by atoms with E-state index in [1.807, 2.05) is 30.7 Å². The van der Waals surface area contributed by atoms with E-state index in [0.717, 1.165) is 43.1 Å². The van der Waals surface area contributed by atoms with E-state index >= 15 is 0 Å². The zero-order valence-corrected chi connectivity index (χ0v) is 18.1. The predicted molar refractivity (Wildman–Crippen MR) is 113 cm³/mol. The van der Waals surface area contributed by atoms with Crippen LogP contribution in [0, 0.1) is 12.8 Å². The molecule has 0 atom stereocenters. The van der Waals surface area contributed by atoms with Crippen molar-refractivity contribution in [2.24, 2.45) is 13.0 Å². The molecule has 2 heterocycles. The van der Waals surface area contributed by atoms with Gasteiger partial charge in [-0.2, -0.15) is 0 Å². The molecule has 1 saturated heterocycles. The Morgan fingerprint density at radius 1 is 1.28 bits per heavy atom. The van der Waals surface area contributed by atoms with Gasteiger partial charge in [0.05, 0.1) is 43.6 Å². The molecule has 0 spiro atoms. The number of likely N-dealkylation sites (tertiary alicyclic amines) is 1. The second kappa shape index (κ2) is 8.86. The normalized spacial score (nSPS) is 19.2. The first-order valence-electron chi connectivity index (χ1n) is 10.3. The Kier molecular flexibility index (Phi) is 6.47. The van der Waals surface area contributed by atoms with E-state index in [4.69, 9.17) is 9.47 Å². The number of benzene rings is 1. The van der Waals surface area contributed by atoms with Gasteiger partial charge in [-0.25, -0.2) is 4.79 Å². The van der Waals surface area contributed by atoms with Crippen molar-refractivity contribution >= 4 is 28.5 Å². The molecule has 1 fully saturated rings. The Bertz CT molecular complexity index is 911. The van der Waals surface area contributed by atoms with Crippen LogP contribution in [0.4, 0.5) is 5.69 Å². The second-order valence-corrected chi connectivity index (χ2v) is 7.93. The zero-order valence-electron chi connectivity index (χ0n) is 18.1. The molecule has 0 unspecified atom stereocenters. The number of ether oxygens (including phenoxy) is 2. The van der Waals surface area contributed by atoms with E-state index in [1.165, 1.54) is 4.90 Å². The van der Waals surface area contributed by atoms with Crippen molar-refractivity contribution in [1.29, 1.82) is 0 Å². The summed E-state index contributed by atoms with van der Waals surface area (Å²) in [6, 6.07) is 3.72. The van der Waals surface area contributed by atoms with Crippen molar-refractivity contribution in [2.45, 2.75) is 33.6 Å². The van der Waals surface area contributed by atoms with Gasteiger partial charge in [0, 0.05) is 18.1 Å². The van der Waals surface area contributed by atoms with Crippen LogP contribution < -0.4 is 15.0 Å². The monoisotopic (exact) mass is 402 g/mol. The smallest absolute Gasteiger partial charge is 0.340 e. The number of piperidine rings is 1. The highest BCUT2D eigenvalue weighted by Gasteiger charge is 2.27. The molecule has 1 aliphatic heterocycles. The minimum atomic E-state index is -0.394. The lowest BCUT2D eigenvalue weighted by Crippen LogP contribution is -3.14. The highest BCUT2D eigenvalue weighted by molar-refractivity contribution is 6.14. The Labute approximate surface area is 171 Å². The first kappa shape index (κ1) is 21.2. The number of esters is 1. The summed E-state index contributed by atoms with van der Waals surface area (Å²) in [6.07, 6.45) is 2.29. The number of hydrogen-bond donors (Lipinski definition) is 2. The summed E-state index contributed by atoms with van der Waals surface area (Å²) in [5.41, 5.74) is 2.64. The SMILES string of the molecule is CCOC(=O)c1c(C)n(C)c2ccc(OC)c(NC(=O)C[NH+]3CCC(C)CC3)c12. The minimum absolute atomic E-state index is 0.0725. The minimum Gasteiger partial charge on any atom is -0.495 e. The number of nitrogens with zero attached hydrogens (tertiary/aromatic N) is 1. The molecule has 0 aliphatic carbocycles. The molecule has 0 saturated carbocycles. The van der Waals surface area contributed by atoms with Crippen LogP contribution in [0.3, 0.4) is 0 Å². The maximum Gasteiger partial charge on any atom is 0.340 e. The largest absolute Gasteiger partial charge is 0.495 e. The average Bonchev–Trinajstić information content (AvgIpc) is 2.95. The highest BCUT2D eigenvalue weighted by atomic mass is 16.5. The summed E-state index contributed by atoms with van der Waals surface area (Å²) < 4.78 is 12.7. The number of methoxy groups -OCH3 is 1. The van der Waals surface area contributed by atoms with Crippen molar-refractivity contribution in [1.82, 2.24) is 4.57 Å². The van der Waals surface area contributed by atoms with Crippen LogP contribution in [0.15, 0.2) is 12.1 Å². The molecular weight excluding hydrogens is 370 g/mol. The van der Waals surface area contributed by atoms with E-state index in [9.17, 15) is 9.59 Å². The summed E-state index contributed by atoms with van der Waals surface area (Å²) in [5, 5.41) is 3.70. The maximum atomic E-state index is 12.9. The Balaban J connectivity index is 1.98. The lowest BCUT2D eigenvalue weighted by Gasteiger charge is -2.26. The van der Waals surface area contributed by atoms with E-state index < -0.39 is 5.97 Å². The third kappa shape index (κ3) is 4.24. The van der Waals surface area contributed by atoms with Crippen molar-refractivity contribution in [3.8, 4) is 5.75 Å². The standard InChI is InChI=1S/C22H31N3O4/c1-6-29-22(27)19-15(3)24(4)16-7-8-17(28-5)21(20(16)19)23-18(26)13-25-11-9-14(2)10-12-25/h7-8,14H,6,9-13H2,1-5H3,(H,23,26)/p+1. The fourth-order valence-electron chi connectivity index (χ4n) is 4.14. The highest BCUT2D eigenvalue weighted by Crippen LogP contribution is 2.38. The maximum absolute atomic E-state index is 12.9. The molecule has 0 bridgehead atoms. The number of carbonyl (C=O) groups excluding carboxylic acids is 2. The molecule has 3 rings (SSSR count). The van der Waals surface area contributed by atoms with Gasteiger partial charge < -0.3 is 24.3 Å². The van der Waals surface area contributed by atoms with Crippen LogP contribution >= 0.6 is 0 Å². The van der Waals surface area contributed by atoms with Crippen LogP contribution in [0.25, 0.3) is 10.9 Å². The molecule has 29 heavy (non-hydrogen) atoms. The Morgan fingerprint density at radius 3 is 2.59 bits per heavy atom. The summed E-state index contributed by atoms with van der Waals surface area (Å²) >= 11 is 0. The van der Waals surface area contributed by atoms with Gasteiger partial charge in [-0.15, -0.1) is 0 Å². The van der Waals surface area contributed by atoms with Crippen LogP contribution in [0.2, 0.25) is 0 Å². The number of carbonyl (C=O) groups is 2. The van der Waals surface area contributed by atoms with Crippen molar-refractivity contribution in [2.75, 3.05) is 38.7 Å². The predicted octanol–water partition coefficient (Wildman–Crippen LogP) is 1.93. The number of nitrogens with one attached hydrogen (secondary N) is 2. The molecule has 0 radical (unpaired) electrons. The van der Waals surface area contributed by atoms with Gasteiger partial charge in [0.25, 0.3) is 5.91 Å². The Morgan fingerprint density at radius 2 is 1.97 bits per heavy atom. The van der Waals surface area contributed by atoms with E-state index in [-0.39, 0.29) is 12.5 Å². The van der Waals surface area contributed by atoms with Gasteiger partial charge in [-0.3, -0.25) is 4.79 Å². The number of aryl methyl sites for hydroxylation is 1. The summed E-state index contributed by atoms with van der Waals surface area (Å²) in [4.78, 5) is 26.8. The quantitative estimate of drug-likeness (QED) is 0.724. The molecule has 158 valence electrons. The molecule has 1 aromatic carbocycles. The van der Waals surface area contributed by atoms with Gasteiger partial charge in [0.2, 0.25) is 0 Å². The van der Waals surface area contributed by atoms with Crippen LogP contribution in [0.5, 0.6) is 5.75 Å². The number of anilines is 1. The molecule has 1 amide bonds. The first-order chi connectivity index (χ1) is 13.9. The molecule has 7 nitrogen and oxygen atoms in total. The zero-order chi connectivity index (χ0) is 21.1. The summed E-state index contributed by atoms with van der Waals surface area (Å²) in [6.45, 7) is 8.64. The number of amides is 1. The average molecular weight is 403 g/mol. The third-order valence-corrected chi connectivity index (χ3v) is 5.98. The van der Waals surface area contributed by atoms with Gasteiger partial charge >= 0.3 is 5.97 Å². The van der Waals surface area contributed by atoms with Crippen molar-refractivity contribution < 1.29 is 24.0 Å². The first-order valence-corrected chi connectivity index (χ1v) is 10.3. The molecule has 1 aliphatic rings.